The number of aliphatic imine (C=N–C) groups is 1. The topological polar surface area (TPSA) is 169 Å². The van der Waals surface area contributed by atoms with Crippen molar-refractivity contribution in [3.63, 3.8) is 0 Å². The van der Waals surface area contributed by atoms with E-state index in [2.05, 4.69) is 15.0 Å². The molecule has 3 aromatic carbocycles. The third kappa shape index (κ3) is 7.07. The molecule has 0 spiro atoms. The quantitative estimate of drug-likeness (QED) is 0.0760. The lowest BCUT2D eigenvalue weighted by Gasteiger charge is -2.35. The van der Waals surface area contributed by atoms with Gasteiger partial charge in [-0.25, -0.2) is 22.7 Å². The predicted molar refractivity (Wildman–Crippen MR) is 179 cm³/mol. The summed E-state index contributed by atoms with van der Waals surface area (Å²) in [7, 11) is -4.07. The van der Waals surface area contributed by atoms with Crippen molar-refractivity contribution >= 4 is 28.0 Å². The normalized spacial score (nSPS) is 15.9. The van der Waals surface area contributed by atoms with E-state index >= 15 is 0 Å². The van der Waals surface area contributed by atoms with Crippen LogP contribution < -0.4 is 20.5 Å². The van der Waals surface area contributed by atoms with Gasteiger partial charge in [0.1, 0.15) is 24.0 Å². The average Bonchev–Trinajstić information content (AvgIpc) is 3.33. The molecule has 1 heterocycles. The van der Waals surface area contributed by atoms with E-state index in [1.165, 1.54) is 0 Å². The first-order valence-electron chi connectivity index (χ1n) is 15.7. The molecule has 0 radical (unpaired) electrons. The Bertz CT molecular complexity index is 1810. The summed E-state index contributed by atoms with van der Waals surface area (Å²) in [6, 6.07) is 14.6. The Morgan fingerprint density at radius 2 is 1.66 bits per heavy atom. The summed E-state index contributed by atoms with van der Waals surface area (Å²) in [5.74, 6) is -0.961. The van der Waals surface area contributed by atoms with Gasteiger partial charge in [0.25, 0.3) is 10.0 Å². The molecule has 1 aliphatic heterocycles. The number of nitrogens with one attached hydrogen (secondary N) is 2. The fourth-order valence-corrected chi connectivity index (χ4v) is 8.03. The molecule has 5 N–H and O–H groups in total. The lowest BCUT2D eigenvalue weighted by atomic mass is 9.88. The van der Waals surface area contributed by atoms with E-state index in [-0.39, 0.29) is 48.4 Å². The van der Waals surface area contributed by atoms with Crippen molar-refractivity contribution in [2.45, 2.75) is 82.8 Å². The second kappa shape index (κ2) is 13.3. The van der Waals surface area contributed by atoms with Crippen LogP contribution in [0.1, 0.15) is 72.4 Å². The number of carbonyl (C=O) groups excluding carboxylic acids is 1. The van der Waals surface area contributed by atoms with E-state index in [0.29, 0.717) is 17.5 Å². The summed E-state index contributed by atoms with van der Waals surface area (Å²) in [6.07, 6.45) is 0.854. The number of carboxylic acid groups (broad SMARTS) is 1. The van der Waals surface area contributed by atoms with Crippen LogP contribution in [-0.4, -0.2) is 56.3 Å². The predicted octanol–water partition coefficient (Wildman–Crippen LogP) is 5.08. The van der Waals surface area contributed by atoms with E-state index in [4.69, 9.17) is 15.2 Å². The van der Waals surface area contributed by atoms with Gasteiger partial charge >= 0.3 is 12.1 Å². The first-order valence-corrected chi connectivity index (χ1v) is 17.2. The minimum atomic E-state index is -4.07. The third-order valence-corrected chi connectivity index (χ3v) is 10.7. The molecule has 11 nitrogen and oxygen atoms in total. The van der Waals surface area contributed by atoms with Gasteiger partial charge in [-0.15, -0.1) is 0 Å². The number of aliphatic carboxylic acids is 1. The van der Waals surface area contributed by atoms with Crippen molar-refractivity contribution in [2.24, 2.45) is 10.7 Å². The maximum atomic E-state index is 13.4. The summed E-state index contributed by atoms with van der Waals surface area (Å²) in [6.45, 7) is 9.48. The number of ether oxygens (including phenoxy) is 2. The van der Waals surface area contributed by atoms with Gasteiger partial charge in [-0.2, -0.15) is 0 Å². The number of nitrogens with two attached hydrogens (primary N) is 1. The number of hydrogen-bond acceptors (Lipinski definition) is 7. The molecular weight excluding hydrogens is 630 g/mol. The summed E-state index contributed by atoms with van der Waals surface area (Å²) < 4.78 is 40.9. The van der Waals surface area contributed by atoms with Crippen LogP contribution in [0.4, 0.5) is 4.79 Å². The van der Waals surface area contributed by atoms with Gasteiger partial charge < -0.3 is 25.6 Å². The summed E-state index contributed by atoms with van der Waals surface area (Å²) >= 11 is 0. The van der Waals surface area contributed by atoms with E-state index in [1.807, 2.05) is 69.3 Å². The smallest absolute Gasteiger partial charge is 0.407 e. The number of nitrogens with zero attached hydrogens (tertiary/aromatic N) is 1. The first kappa shape index (κ1) is 33.8. The number of carboxylic acids is 1. The SMILES string of the molecule is Cc1c(C)c(S(=O)(=O)[15NH][13C]([15NH2])=[15N][13CH2][13CH2][13CH2][13C@H]([15NH]C(=O)OCC2c3ccccc3-c3ccccc32)[13C](=O)O)c(C)c2c1OC(C)(C)CC2. The van der Waals surface area contributed by atoms with Crippen molar-refractivity contribution in [1.82, 2.24) is 10.0 Å². The maximum absolute atomic E-state index is 13.4. The number of rotatable bonds is 10. The van der Waals surface area contributed by atoms with E-state index in [1.54, 1.807) is 13.8 Å². The highest BCUT2D eigenvalue weighted by Gasteiger charge is 2.34. The standard InChI is InChI=1S/C35H42N4O7S/c1-20-21(2)31(22(3)23-16-17-35(4,5)46-30(20)23)47(43,44)39-33(36)37-18-10-15-29(32(40)41)38-34(42)45-19-28-26-13-8-6-11-24(26)25-12-7-9-14-27(25)28/h6-9,11-14,28-29H,10,15-19H2,1-5H3,(H,38,42)(H,40,41)(H3,36,37,39)/t29-/m0/s1/i10+1,15+1,18+1,29+1,32+1,33+1,36+1,37+1,38+1,39+1. The largest absolute Gasteiger partial charge is 0.487 e. The van der Waals surface area contributed by atoms with Crippen LogP contribution in [0.3, 0.4) is 0 Å². The molecule has 1 aliphatic carbocycles. The molecule has 5 rings (SSSR count). The van der Waals surface area contributed by atoms with E-state index in [0.717, 1.165) is 45.6 Å². The molecule has 1 amide bonds. The Balaban J connectivity index is 1.16. The number of benzene rings is 3. The molecule has 47 heavy (non-hydrogen) atoms. The lowest BCUT2D eigenvalue weighted by molar-refractivity contribution is -0.139. The minimum Gasteiger partial charge on any atom is -0.487 e. The highest BCUT2D eigenvalue weighted by Crippen LogP contribution is 2.45. The number of alkyl carbamates (subject to hydrolysis) is 1. The van der Waals surface area contributed by atoms with Crippen LogP contribution in [-0.2, 0) is 26.0 Å². The van der Waals surface area contributed by atoms with Gasteiger partial charge in [0, 0.05) is 12.5 Å². The van der Waals surface area contributed by atoms with Crippen LogP contribution in [0.25, 0.3) is 11.1 Å². The fourth-order valence-electron chi connectivity index (χ4n) is 6.51. The summed E-state index contributed by atoms with van der Waals surface area (Å²) in [5, 5.41) is 12.1. The van der Waals surface area contributed by atoms with E-state index in [9.17, 15) is 23.1 Å². The van der Waals surface area contributed by atoms with Gasteiger partial charge in [0.2, 0.25) is 5.96 Å². The Labute approximate surface area is 275 Å². The van der Waals surface area contributed by atoms with Gasteiger partial charge in [0.05, 0.1) is 4.90 Å². The minimum absolute atomic E-state index is 0.0294. The highest BCUT2D eigenvalue weighted by atomic mass is 32.2. The monoisotopic (exact) mass is 672 g/mol. The third-order valence-electron chi connectivity index (χ3n) is 9.04. The number of fused-ring (bicyclic) bond motifs is 4. The molecule has 0 saturated carbocycles. The van der Waals surface area contributed by atoms with Crippen LogP contribution >= 0.6 is 0 Å². The molecular formula is C35H42N4O7S. The Morgan fingerprint density at radius 3 is 2.28 bits per heavy atom. The maximum Gasteiger partial charge on any atom is 0.407 e. The summed E-state index contributed by atoms with van der Waals surface area (Å²) in [4.78, 5) is 28.8. The zero-order valence-corrected chi connectivity index (χ0v) is 28.2. The van der Waals surface area contributed by atoms with Crippen LogP contribution in [0.2, 0.25) is 0 Å². The molecule has 2 aliphatic rings. The van der Waals surface area contributed by atoms with Crippen LogP contribution in [0.5, 0.6) is 5.75 Å². The highest BCUT2D eigenvalue weighted by molar-refractivity contribution is 7.90. The molecule has 0 aromatic heterocycles. The fraction of sp³-hybridized carbons (Fsp3) is 0.400. The zero-order chi connectivity index (χ0) is 34.1. The second-order valence-electron chi connectivity index (χ2n) is 12.7. The first-order chi connectivity index (χ1) is 22.2. The number of carbonyl (C=O) groups is 2. The van der Waals surface area contributed by atoms with Crippen molar-refractivity contribution in [1.29, 1.82) is 0 Å². The number of guanidine groups is 1. The van der Waals surface area contributed by atoms with Crippen LogP contribution in [0.15, 0.2) is 58.4 Å². The van der Waals surface area contributed by atoms with Gasteiger partial charge in [0.15, 0.2) is 0 Å². The van der Waals surface area contributed by atoms with Gasteiger partial charge in [-0.1, -0.05) is 48.5 Å². The van der Waals surface area contributed by atoms with Crippen molar-refractivity contribution in [3.8, 4) is 16.9 Å². The van der Waals surface area contributed by atoms with E-state index < -0.39 is 28.1 Å². The number of sulfonamides is 1. The Morgan fingerprint density at radius 1 is 1.04 bits per heavy atom. The molecule has 0 bridgehead atoms. The molecule has 0 unspecified atom stereocenters. The molecule has 0 saturated heterocycles. The summed E-state index contributed by atoms with van der Waals surface area (Å²) in [5.41, 5.74) is 12.7. The van der Waals surface area contributed by atoms with Crippen molar-refractivity contribution in [3.05, 3.63) is 81.9 Å². The molecule has 0 fully saturated rings. The number of amides is 1. The molecule has 250 valence electrons. The van der Waals surface area contributed by atoms with Gasteiger partial charge in [-0.3, -0.25) is 4.99 Å². The van der Waals surface area contributed by atoms with Crippen molar-refractivity contribution < 1.29 is 32.6 Å². The van der Waals surface area contributed by atoms with Crippen molar-refractivity contribution in [2.75, 3.05) is 13.2 Å². The second-order valence-corrected chi connectivity index (χ2v) is 14.4. The molecule has 3 aromatic rings. The zero-order valence-electron chi connectivity index (χ0n) is 27.3. The Hall–Kier alpha value is -4.58. The molecule has 1 atom stereocenters. The lowest BCUT2D eigenvalue weighted by Crippen LogP contribution is -2.41. The average molecular weight is 673 g/mol. The number of hydrogen-bond donors (Lipinski definition) is 4. The Kier molecular flexibility index (Phi) is 9.53. The van der Waals surface area contributed by atoms with Gasteiger partial charge in [-0.05, 0) is 105 Å². The molecule has 12 heteroatoms. The van der Waals surface area contributed by atoms with Crippen LogP contribution in [0, 0.1) is 20.8 Å².